The second-order valence-corrected chi connectivity index (χ2v) is 9.16. The number of benzene rings is 5. The number of hydrogen-bond donors (Lipinski definition) is 0. The third-order valence-electron chi connectivity index (χ3n) is 7.14. The average molecular weight is 652 g/mol. The van der Waals surface area contributed by atoms with Crippen molar-refractivity contribution in [1.82, 2.24) is 9.55 Å². The number of rotatable bonds is 2. The van der Waals surface area contributed by atoms with Crippen LogP contribution in [-0.4, -0.2) is 9.55 Å². The van der Waals surface area contributed by atoms with Gasteiger partial charge in [0.15, 0.2) is 11.5 Å². The molecule has 1 radical (unpaired) electrons. The number of hydrogen-bond acceptors (Lipinski definition) is 2. The van der Waals surface area contributed by atoms with Crippen LogP contribution in [0.2, 0.25) is 0 Å². The first-order valence-corrected chi connectivity index (χ1v) is 12.1. The van der Waals surface area contributed by atoms with Crippen molar-refractivity contribution in [3.05, 3.63) is 121 Å². The molecule has 3 heterocycles. The fraction of sp³-hybridized carbons (Fsp3) is 0. The standard InChI is InChI=1S/C33H19N2O.Ir/c1-2-10-25-21(7-1)17-18-34-32(25)24-9-5-8-22(19-24)23-15-16-28-27(20-23)26-11-6-14-31-33(26)35(28)29-12-3-4-13-30(29)36-31;/h1-8,10-20H;/q-1;. The van der Waals surface area contributed by atoms with Gasteiger partial charge in [-0.1, -0.05) is 54.6 Å². The summed E-state index contributed by atoms with van der Waals surface area (Å²) in [6.45, 7) is 0. The van der Waals surface area contributed by atoms with Gasteiger partial charge in [-0.15, -0.1) is 35.4 Å². The van der Waals surface area contributed by atoms with Gasteiger partial charge in [0.2, 0.25) is 0 Å². The summed E-state index contributed by atoms with van der Waals surface area (Å²) in [6, 6.07) is 41.4. The van der Waals surface area contributed by atoms with Crippen LogP contribution in [0.15, 0.2) is 115 Å². The Balaban J connectivity index is 0.00000231. The average Bonchev–Trinajstić information content (AvgIpc) is 3.28. The van der Waals surface area contributed by atoms with E-state index in [1.54, 1.807) is 0 Å². The summed E-state index contributed by atoms with van der Waals surface area (Å²) in [5.41, 5.74) is 7.62. The van der Waals surface area contributed by atoms with E-state index >= 15 is 0 Å². The van der Waals surface area contributed by atoms with Crippen LogP contribution in [0.3, 0.4) is 0 Å². The fourth-order valence-corrected chi connectivity index (χ4v) is 5.51. The molecule has 0 unspecified atom stereocenters. The molecule has 0 amide bonds. The van der Waals surface area contributed by atoms with Gasteiger partial charge in [-0.3, -0.25) is 0 Å². The molecule has 0 fully saturated rings. The third-order valence-corrected chi connectivity index (χ3v) is 7.14. The van der Waals surface area contributed by atoms with E-state index in [0.29, 0.717) is 0 Å². The quantitative estimate of drug-likeness (QED) is 0.175. The summed E-state index contributed by atoms with van der Waals surface area (Å²) in [5.74, 6) is 1.77. The van der Waals surface area contributed by atoms with Crippen LogP contribution >= 0.6 is 0 Å². The Labute approximate surface area is 227 Å². The van der Waals surface area contributed by atoms with Gasteiger partial charge in [-0.05, 0) is 58.4 Å². The molecule has 37 heavy (non-hydrogen) atoms. The zero-order valence-electron chi connectivity index (χ0n) is 19.6. The van der Waals surface area contributed by atoms with E-state index in [2.05, 4.69) is 95.6 Å². The van der Waals surface area contributed by atoms with Crippen molar-refractivity contribution < 1.29 is 24.8 Å². The first-order valence-electron chi connectivity index (χ1n) is 12.1. The van der Waals surface area contributed by atoms with Crippen molar-refractivity contribution in [2.75, 3.05) is 0 Å². The molecule has 4 heteroatoms. The van der Waals surface area contributed by atoms with Crippen molar-refractivity contribution in [3.8, 4) is 39.6 Å². The predicted octanol–water partition coefficient (Wildman–Crippen LogP) is 8.57. The van der Waals surface area contributed by atoms with E-state index in [9.17, 15) is 0 Å². The largest absolute Gasteiger partial charge is 0.453 e. The van der Waals surface area contributed by atoms with Crippen LogP contribution in [-0.2, 0) is 20.1 Å². The SMILES string of the molecule is [Ir].[c-]1ccc(-c2ccc3c(c2)c2cccc4c2n3-c2ccccc2O4)cc1-c1nccc2ccccc12. The maximum Gasteiger partial charge on any atom is 0.152 e. The number of ether oxygens (including phenoxy) is 1. The Bertz CT molecular complexity index is 1980. The Kier molecular flexibility index (Phi) is 5.00. The van der Waals surface area contributed by atoms with Crippen molar-refractivity contribution in [2.24, 2.45) is 0 Å². The second-order valence-electron chi connectivity index (χ2n) is 9.16. The minimum Gasteiger partial charge on any atom is -0.453 e. The minimum absolute atomic E-state index is 0. The van der Waals surface area contributed by atoms with Gasteiger partial charge in [-0.25, -0.2) is 0 Å². The summed E-state index contributed by atoms with van der Waals surface area (Å²) in [6.07, 6.45) is 1.87. The molecular weight excluding hydrogens is 633 g/mol. The van der Waals surface area contributed by atoms with Gasteiger partial charge in [0.25, 0.3) is 0 Å². The van der Waals surface area contributed by atoms with Gasteiger partial charge in [-0.2, -0.15) is 0 Å². The summed E-state index contributed by atoms with van der Waals surface area (Å²) in [4.78, 5) is 4.71. The zero-order valence-corrected chi connectivity index (χ0v) is 22.0. The van der Waals surface area contributed by atoms with E-state index in [1.165, 1.54) is 21.7 Å². The Morgan fingerprint density at radius 3 is 2.46 bits per heavy atom. The molecule has 7 aromatic rings. The monoisotopic (exact) mass is 652 g/mol. The molecule has 0 aliphatic carbocycles. The number of aromatic nitrogens is 2. The zero-order chi connectivity index (χ0) is 23.6. The predicted molar refractivity (Wildman–Crippen MR) is 146 cm³/mol. The normalized spacial score (nSPS) is 11.8. The van der Waals surface area contributed by atoms with E-state index in [-0.39, 0.29) is 20.1 Å². The molecule has 0 saturated carbocycles. The van der Waals surface area contributed by atoms with Gasteiger partial charge >= 0.3 is 0 Å². The maximum absolute atomic E-state index is 6.26. The topological polar surface area (TPSA) is 27.1 Å². The number of nitrogens with zero attached hydrogens (tertiary/aromatic N) is 2. The van der Waals surface area contributed by atoms with Crippen molar-refractivity contribution in [1.29, 1.82) is 0 Å². The van der Waals surface area contributed by atoms with Crippen LogP contribution in [0, 0.1) is 6.07 Å². The van der Waals surface area contributed by atoms with Gasteiger partial charge in [0.1, 0.15) is 0 Å². The summed E-state index contributed by atoms with van der Waals surface area (Å²) in [5, 5.41) is 4.72. The molecule has 8 rings (SSSR count). The first-order chi connectivity index (χ1) is 17.8. The molecular formula is C33H19IrN2O-. The van der Waals surface area contributed by atoms with Crippen LogP contribution in [0.1, 0.15) is 0 Å². The third kappa shape index (κ3) is 3.27. The molecule has 5 aromatic carbocycles. The number of para-hydroxylation sites is 3. The Morgan fingerprint density at radius 1 is 0.676 bits per heavy atom. The number of fused-ring (bicyclic) bond motifs is 6. The Morgan fingerprint density at radius 2 is 1.49 bits per heavy atom. The molecule has 0 spiro atoms. The molecule has 2 aromatic heterocycles. The summed E-state index contributed by atoms with van der Waals surface area (Å²) in [7, 11) is 0. The van der Waals surface area contributed by atoms with Gasteiger partial charge < -0.3 is 14.3 Å². The van der Waals surface area contributed by atoms with Gasteiger partial charge in [0, 0.05) is 37.1 Å². The van der Waals surface area contributed by atoms with Crippen molar-refractivity contribution in [2.45, 2.75) is 0 Å². The summed E-state index contributed by atoms with van der Waals surface area (Å²) >= 11 is 0. The van der Waals surface area contributed by atoms with Crippen LogP contribution in [0.5, 0.6) is 11.5 Å². The van der Waals surface area contributed by atoms with Crippen LogP contribution in [0.4, 0.5) is 0 Å². The van der Waals surface area contributed by atoms with E-state index in [0.717, 1.165) is 50.5 Å². The molecule has 0 saturated heterocycles. The smallest absolute Gasteiger partial charge is 0.152 e. The van der Waals surface area contributed by atoms with E-state index in [1.807, 2.05) is 30.5 Å². The fourth-order valence-electron chi connectivity index (χ4n) is 5.51. The molecule has 3 nitrogen and oxygen atoms in total. The Hall–Kier alpha value is -4.24. The van der Waals surface area contributed by atoms with Crippen LogP contribution < -0.4 is 4.74 Å². The van der Waals surface area contributed by atoms with E-state index < -0.39 is 0 Å². The van der Waals surface area contributed by atoms with Gasteiger partial charge in [0.05, 0.1) is 16.7 Å². The second kappa shape index (κ2) is 8.41. The molecule has 0 bridgehead atoms. The minimum atomic E-state index is 0. The molecule has 0 atom stereocenters. The van der Waals surface area contributed by atoms with Crippen molar-refractivity contribution in [3.63, 3.8) is 0 Å². The maximum atomic E-state index is 6.26. The first kappa shape index (κ1) is 22.0. The molecule has 0 N–H and O–H groups in total. The van der Waals surface area contributed by atoms with Crippen molar-refractivity contribution >= 4 is 32.6 Å². The summed E-state index contributed by atoms with van der Waals surface area (Å²) < 4.78 is 8.59. The van der Waals surface area contributed by atoms with E-state index in [4.69, 9.17) is 9.72 Å². The molecule has 1 aliphatic heterocycles. The molecule has 177 valence electrons. The van der Waals surface area contributed by atoms with Crippen LogP contribution in [0.25, 0.3) is 60.6 Å². The number of pyridine rings is 1. The molecule has 1 aliphatic rings.